The van der Waals surface area contributed by atoms with E-state index in [0.29, 0.717) is 22.2 Å². The molecular weight excluding hydrogens is 356 g/mol. The number of amides is 1. The fourth-order valence-corrected chi connectivity index (χ4v) is 3.77. The van der Waals surface area contributed by atoms with Crippen LogP contribution < -0.4 is 10.9 Å². The molecule has 2 heterocycles. The molecule has 0 aliphatic heterocycles. The fourth-order valence-electron chi connectivity index (χ4n) is 2.19. The summed E-state index contributed by atoms with van der Waals surface area (Å²) in [6.07, 6.45) is 0.775. The monoisotopic (exact) mass is 374 g/mol. The van der Waals surface area contributed by atoms with Gasteiger partial charge in [-0.15, -0.1) is 11.8 Å². The molecule has 6 nitrogen and oxygen atoms in total. The lowest BCUT2D eigenvalue weighted by Gasteiger charge is -2.05. The van der Waals surface area contributed by atoms with Crippen LogP contribution >= 0.6 is 23.1 Å². The first-order valence-electron chi connectivity index (χ1n) is 7.88. The van der Waals surface area contributed by atoms with Crippen molar-refractivity contribution >= 4 is 39.7 Å². The molecule has 1 N–H and O–H groups in total. The summed E-state index contributed by atoms with van der Waals surface area (Å²) in [6.45, 7) is 3.99. The smallest absolute Gasteiger partial charge is 0.275 e. The lowest BCUT2D eigenvalue weighted by atomic mass is 10.2. The molecule has 8 heteroatoms. The predicted octanol–water partition coefficient (Wildman–Crippen LogP) is 2.89. The molecule has 0 aliphatic rings. The van der Waals surface area contributed by atoms with Crippen molar-refractivity contribution in [2.75, 3.05) is 11.1 Å². The molecule has 25 heavy (non-hydrogen) atoms. The van der Waals surface area contributed by atoms with Crippen LogP contribution in [-0.4, -0.2) is 26.3 Å². The van der Waals surface area contributed by atoms with Gasteiger partial charge in [-0.2, -0.15) is 9.61 Å². The molecule has 0 spiro atoms. The number of fused-ring (bicyclic) bond motifs is 1. The van der Waals surface area contributed by atoms with Gasteiger partial charge in [0.05, 0.1) is 11.4 Å². The molecule has 2 aromatic heterocycles. The first-order valence-corrected chi connectivity index (χ1v) is 9.85. The summed E-state index contributed by atoms with van der Waals surface area (Å²) < 4.78 is 1.34. The highest BCUT2D eigenvalue weighted by molar-refractivity contribution is 7.99. The molecule has 130 valence electrons. The first-order chi connectivity index (χ1) is 12.0. The number of anilines is 1. The van der Waals surface area contributed by atoms with Crippen LogP contribution in [0, 0.1) is 6.92 Å². The number of aromatic nitrogens is 3. The fraction of sp³-hybridized carbons (Fsp3) is 0.294. The highest BCUT2D eigenvalue weighted by Crippen LogP contribution is 2.15. The van der Waals surface area contributed by atoms with Gasteiger partial charge in [0.25, 0.3) is 5.56 Å². The van der Waals surface area contributed by atoms with Crippen LogP contribution in [0.2, 0.25) is 0 Å². The van der Waals surface area contributed by atoms with Crippen LogP contribution in [-0.2, 0) is 17.0 Å². The van der Waals surface area contributed by atoms with Crippen molar-refractivity contribution in [2.45, 2.75) is 26.0 Å². The summed E-state index contributed by atoms with van der Waals surface area (Å²) in [5.74, 6) is 0.738. The highest BCUT2D eigenvalue weighted by Gasteiger charge is 2.09. The molecule has 1 amide bonds. The Labute approximate surface area is 153 Å². The van der Waals surface area contributed by atoms with E-state index in [2.05, 4.69) is 15.4 Å². The molecule has 3 rings (SSSR count). The number of thioether (sulfide) groups is 1. The zero-order valence-corrected chi connectivity index (χ0v) is 15.6. The average Bonchev–Trinajstić information content (AvgIpc) is 3.01. The summed E-state index contributed by atoms with van der Waals surface area (Å²) in [6, 6.07) is 9.15. The third-order valence-electron chi connectivity index (χ3n) is 3.46. The number of hydrogen-bond donors (Lipinski definition) is 1. The van der Waals surface area contributed by atoms with Gasteiger partial charge in [0.1, 0.15) is 5.01 Å². The molecule has 0 saturated carbocycles. The molecule has 0 unspecified atom stereocenters. The maximum absolute atomic E-state index is 12.1. The van der Waals surface area contributed by atoms with E-state index in [-0.39, 0.29) is 11.5 Å². The van der Waals surface area contributed by atoms with E-state index in [0.717, 1.165) is 22.7 Å². The van der Waals surface area contributed by atoms with Gasteiger partial charge in [0.2, 0.25) is 10.9 Å². The molecule has 0 bridgehead atoms. The topological polar surface area (TPSA) is 76.4 Å². The van der Waals surface area contributed by atoms with Gasteiger partial charge in [-0.25, -0.2) is 4.98 Å². The Kier molecular flexibility index (Phi) is 5.50. The number of rotatable bonds is 6. The standard InChI is InChI=1S/C17H18N4O2S2/c1-3-15-20-21-16(23)8-13(19-17(21)25-15)9-24-10-14(22)18-12-6-4-11(2)5-7-12/h4-8H,3,9-10H2,1-2H3,(H,18,22). The lowest BCUT2D eigenvalue weighted by molar-refractivity contribution is -0.113. The molecule has 0 aliphatic carbocycles. The Balaban J connectivity index is 1.58. The van der Waals surface area contributed by atoms with Gasteiger partial charge < -0.3 is 5.32 Å². The molecular formula is C17H18N4O2S2. The Morgan fingerprint density at radius 1 is 1.32 bits per heavy atom. The van der Waals surface area contributed by atoms with E-state index in [1.165, 1.54) is 33.7 Å². The number of carbonyl (C=O) groups excluding carboxylic acids is 1. The van der Waals surface area contributed by atoms with Crippen molar-refractivity contribution in [3.05, 3.63) is 57.0 Å². The van der Waals surface area contributed by atoms with Crippen LogP contribution in [0.15, 0.2) is 35.1 Å². The molecule has 0 fully saturated rings. The Morgan fingerprint density at radius 2 is 2.08 bits per heavy atom. The summed E-state index contributed by atoms with van der Waals surface area (Å²) in [5, 5.41) is 7.96. The predicted molar refractivity (Wildman–Crippen MR) is 102 cm³/mol. The van der Waals surface area contributed by atoms with Gasteiger partial charge in [-0.1, -0.05) is 36.0 Å². The van der Waals surface area contributed by atoms with E-state index in [1.54, 1.807) is 0 Å². The van der Waals surface area contributed by atoms with E-state index in [4.69, 9.17) is 0 Å². The van der Waals surface area contributed by atoms with Crippen molar-refractivity contribution in [3.63, 3.8) is 0 Å². The minimum atomic E-state index is -0.180. The van der Waals surface area contributed by atoms with Gasteiger partial charge in [0, 0.05) is 17.5 Å². The van der Waals surface area contributed by atoms with Crippen molar-refractivity contribution in [3.8, 4) is 0 Å². The Morgan fingerprint density at radius 3 is 2.80 bits per heavy atom. The van der Waals surface area contributed by atoms with E-state index >= 15 is 0 Å². The normalized spacial score (nSPS) is 11.0. The van der Waals surface area contributed by atoms with Crippen LogP contribution in [0.4, 0.5) is 5.69 Å². The second-order valence-corrected chi connectivity index (χ2v) is 7.56. The number of aryl methyl sites for hydroxylation is 2. The highest BCUT2D eigenvalue weighted by atomic mass is 32.2. The van der Waals surface area contributed by atoms with Crippen LogP contribution in [0.5, 0.6) is 0 Å². The van der Waals surface area contributed by atoms with Crippen LogP contribution in [0.1, 0.15) is 23.2 Å². The number of hydrogen-bond acceptors (Lipinski definition) is 6. The lowest BCUT2D eigenvalue weighted by Crippen LogP contribution is -2.16. The van der Waals surface area contributed by atoms with Gasteiger partial charge in [0.15, 0.2) is 0 Å². The van der Waals surface area contributed by atoms with Crippen molar-refractivity contribution in [2.24, 2.45) is 0 Å². The third kappa shape index (κ3) is 4.46. The van der Waals surface area contributed by atoms with E-state index < -0.39 is 0 Å². The average molecular weight is 374 g/mol. The summed E-state index contributed by atoms with van der Waals surface area (Å²) in [4.78, 5) is 29.1. The number of nitrogens with zero attached hydrogens (tertiary/aromatic N) is 3. The summed E-state index contributed by atoms with van der Waals surface area (Å²) >= 11 is 2.85. The zero-order chi connectivity index (χ0) is 17.8. The van der Waals surface area contributed by atoms with Crippen molar-refractivity contribution < 1.29 is 4.79 Å². The van der Waals surface area contributed by atoms with Crippen LogP contribution in [0.3, 0.4) is 0 Å². The zero-order valence-electron chi connectivity index (χ0n) is 14.0. The molecule has 0 saturated heterocycles. The Bertz CT molecular complexity index is 947. The number of carbonyl (C=O) groups is 1. The van der Waals surface area contributed by atoms with E-state index in [1.807, 2.05) is 38.1 Å². The minimum absolute atomic E-state index is 0.0716. The quantitative estimate of drug-likeness (QED) is 0.718. The number of benzene rings is 1. The van der Waals surface area contributed by atoms with E-state index in [9.17, 15) is 9.59 Å². The summed E-state index contributed by atoms with van der Waals surface area (Å²) in [5.41, 5.74) is 2.42. The van der Waals surface area contributed by atoms with Gasteiger partial charge in [-0.3, -0.25) is 9.59 Å². The van der Waals surface area contributed by atoms with Crippen molar-refractivity contribution in [1.82, 2.24) is 14.6 Å². The molecule has 1 aromatic carbocycles. The largest absolute Gasteiger partial charge is 0.325 e. The number of nitrogens with one attached hydrogen (secondary N) is 1. The Hall–Kier alpha value is -2.19. The van der Waals surface area contributed by atoms with Gasteiger partial charge >= 0.3 is 0 Å². The molecule has 0 atom stereocenters. The molecule has 3 aromatic rings. The third-order valence-corrected chi connectivity index (χ3v) is 5.48. The van der Waals surface area contributed by atoms with Crippen LogP contribution in [0.25, 0.3) is 4.96 Å². The minimum Gasteiger partial charge on any atom is -0.325 e. The second-order valence-electron chi connectivity index (χ2n) is 5.54. The maximum atomic E-state index is 12.1. The second kappa shape index (κ2) is 7.79. The van der Waals surface area contributed by atoms with Gasteiger partial charge in [-0.05, 0) is 25.5 Å². The first kappa shape index (κ1) is 17.6. The molecule has 0 radical (unpaired) electrons. The summed E-state index contributed by atoms with van der Waals surface area (Å²) in [7, 11) is 0. The SMILES string of the molecule is CCc1nn2c(=O)cc(CSCC(=O)Nc3ccc(C)cc3)nc2s1. The maximum Gasteiger partial charge on any atom is 0.275 e. The van der Waals surface area contributed by atoms with Crippen molar-refractivity contribution in [1.29, 1.82) is 0 Å².